The fourth-order valence-electron chi connectivity index (χ4n) is 3.95. The van der Waals surface area contributed by atoms with Gasteiger partial charge in [0.15, 0.2) is 0 Å². The van der Waals surface area contributed by atoms with Gasteiger partial charge in [0.25, 0.3) is 0 Å². The van der Waals surface area contributed by atoms with E-state index in [2.05, 4.69) is 0 Å². The molecule has 0 unspecified atom stereocenters. The zero-order chi connectivity index (χ0) is 22.4. The molecule has 4 heteroatoms. The SMILES string of the molecule is CC(O[PH](=O)OC(C)(c1ccccc1)c1ccccc1)(c1ccccc1)c1ccccc1. The summed E-state index contributed by atoms with van der Waals surface area (Å²) in [5, 5.41) is 0. The van der Waals surface area contributed by atoms with E-state index in [4.69, 9.17) is 9.05 Å². The second-order valence-electron chi connectivity index (χ2n) is 7.98. The number of hydrogen-bond acceptors (Lipinski definition) is 3. The second kappa shape index (κ2) is 9.67. The molecule has 0 bridgehead atoms. The van der Waals surface area contributed by atoms with Gasteiger partial charge in [-0.25, -0.2) is 0 Å². The minimum absolute atomic E-state index is 0.911. The zero-order valence-electron chi connectivity index (χ0n) is 18.3. The van der Waals surface area contributed by atoms with Gasteiger partial charge < -0.3 is 0 Å². The second-order valence-corrected chi connectivity index (χ2v) is 8.89. The van der Waals surface area contributed by atoms with Crippen LogP contribution in [0.15, 0.2) is 121 Å². The van der Waals surface area contributed by atoms with E-state index >= 15 is 0 Å². The lowest BCUT2D eigenvalue weighted by molar-refractivity contribution is 0.0628. The van der Waals surface area contributed by atoms with Crippen LogP contribution < -0.4 is 0 Å². The van der Waals surface area contributed by atoms with Crippen molar-refractivity contribution in [3.8, 4) is 0 Å². The molecule has 0 aliphatic carbocycles. The molecule has 4 rings (SSSR count). The van der Waals surface area contributed by atoms with Gasteiger partial charge in [-0.2, -0.15) is 0 Å². The Hall–Kier alpha value is -2.97. The van der Waals surface area contributed by atoms with E-state index in [1.54, 1.807) is 0 Å². The molecule has 0 atom stereocenters. The van der Waals surface area contributed by atoms with Crippen LogP contribution in [0.5, 0.6) is 0 Å². The summed E-state index contributed by atoms with van der Waals surface area (Å²) in [6, 6.07) is 39.3. The first kappa shape index (κ1) is 22.2. The van der Waals surface area contributed by atoms with E-state index < -0.39 is 19.5 Å². The summed E-state index contributed by atoms with van der Waals surface area (Å²) in [5.74, 6) is 0. The van der Waals surface area contributed by atoms with Crippen molar-refractivity contribution in [3.05, 3.63) is 144 Å². The molecule has 0 amide bonds. The molecule has 0 aliphatic rings. The Morgan fingerprint density at radius 2 is 0.688 bits per heavy atom. The summed E-state index contributed by atoms with van der Waals surface area (Å²) < 4.78 is 26.1. The predicted molar refractivity (Wildman–Crippen MR) is 130 cm³/mol. The maximum absolute atomic E-state index is 13.5. The van der Waals surface area contributed by atoms with Gasteiger partial charge in [0, 0.05) is 0 Å². The van der Waals surface area contributed by atoms with Crippen LogP contribution in [0.25, 0.3) is 0 Å². The monoisotopic (exact) mass is 442 g/mol. The Morgan fingerprint density at radius 3 is 0.906 bits per heavy atom. The van der Waals surface area contributed by atoms with Gasteiger partial charge in [0.05, 0.1) is 0 Å². The molecule has 0 N–H and O–H groups in total. The highest BCUT2D eigenvalue weighted by Gasteiger charge is 2.37. The van der Waals surface area contributed by atoms with Crippen LogP contribution in [0, 0.1) is 0 Å². The third-order valence-electron chi connectivity index (χ3n) is 5.87. The van der Waals surface area contributed by atoms with Crippen molar-refractivity contribution in [2.45, 2.75) is 25.0 Å². The summed E-state index contributed by atoms with van der Waals surface area (Å²) in [5.41, 5.74) is 1.80. The number of hydrogen-bond donors (Lipinski definition) is 0. The van der Waals surface area contributed by atoms with Crippen LogP contribution in [0.3, 0.4) is 0 Å². The molecule has 0 fully saturated rings. The molecular formula is C28H27O3P. The number of benzene rings is 4. The van der Waals surface area contributed by atoms with Crippen LogP contribution in [0.1, 0.15) is 36.1 Å². The first-order valence-corrected chi connectivity index (χ1v) is 11.9. The Bertz CT molecular complexity index is 974. The van der Waals surface area contributed by atoms with E-state index in [0.717, 1.165) is 22.3 Å². The van der Waals surface area contributed by atoms with Crippen LogP contribution in [-0.4, -0.2) is 0 Å². The van der Waals surface area contributed by atoms with Crippen molar-refractivity contribution in [1.29, 1.82) is 0 Å². The average Bonchev–Trinajstić information content (AvgIpc) is 2.86. The predicted octanol–water partition coefficient (Wildman–Crippen LogP) is 7.34. The van der Waals surface area contributed by atoms with Crippen LogP contribution in [0.2, 0.25) is 0 Å². The topological polar surface area (TPSA) is 35.5 Å². The standard InChI is InChI=1S/C28H27O3P/c1-27(23-15-7-3-8-16-23,24-17-9-4-10-18-24)30-32(29)31-28(2,25-19-11-5-12-20-25)26-21-13-6-14-22-26/h3-22,32H,1-2H3. The fraction of sp³-hybridized carbons (Fsp3) is 0.143. The molecule has 0 radical (unpaired) electrons. The first-order chi connectivity index (χ1) is 15.5. The van der Waals surface area contributed by atoms with Crippen LogP contribution in [-0.2, 0) is 24.8 Å². The van der Waals surface area contributed by atoms with Gasteiger partial charge in [-0.15, -0.1) is 0 Å². The van der Waals surface area contributed by atoms with Crippen LogP contribution >= 0.6 is 8.25 Å². The van der Waals surface area contributed by atoms with Crippen molar-refractivity contribution in [3.63, 3.8) is 0 Å². The van der Waals surface area contributed by atoms with Gasteiger partial charge in [-0.1, -0.05) is 121 Å². The van der Waals surface area contributed by atoms with Crippen molar-refractivity contribution in [2.24, 2.45) is 0 Å². The normalized spacial score (nSPS) is 12.1. The van der Waals surface area contributed by atoms with Crippen molar-refractivity contribution >= 4 is 8.25 Å². The lowest BCUT2D eigenvalue weighted by Crippen LogP contribution is -2.28. The lowest BCUT2D eigenvalue weighted by Gasteiger charge is -2.34. The molecule has 3 nitrogen and oxygen atoms in total. The summed E-state index contributed by atoms with van der Waals surface area (Å²) in [6.45, 7) is 3.87. The van der Waals surface area contributed by atoms with Gasteiger partial charge in [-0.3, -0.25) is 13.6 Å². The smallest absolute Gasteiger partial charge is 0.294 e. The van der Waals surface area contributed by atoms with E-state index in [1.807, 2.05) is 135 Å². The highest BCUT2D eigenvalue weighted by molar-refractivity contribution is 7.33. The van der Waals surface area contributed by atoms with Crippen molar-refractivity contribution in [1.82, 2.24) is 0 Å². The minimum atomic E-state index is -2.94. The molecule has 32 heavy (non-hydrogen) atoms. The molecule has 0 heterocycles. The molecule has 4 aromatic rings. The molecule has 0 saturated heterocycles. The molecule has 4 aromatic carbocycles. The molecular weight excluding hydrogens is 415 g/mol. The molecule has 0 saturated carbocycles. The highest BCUT2D eigenvalue weighted by Crippen LogP contribution is 2.48. The van der Waals surface area contributed by atoms with E-state index in [9.17, 15) is 4.57 Å². The summed E-state index contributed by atoms with van der Waals surface area (Å²) in [6.07, 6.45) is 0. The number of rotatable bonds is 8. The third-order valence-corrected chi connectivity index (χ3v) is 7.02. The summed E-state index contributed by atoms with van der Waals surface area (Å²) in [7, 11) is -2.94. The third kappa shape index (κ3) is 4.61. The Kier molecular flexibility index (Phi) is 6.72. The summed E-state index contributed by atoms with van der Waals surface area (Å²) >= 11 is 0. The van der Waals surface area contributed by atoms with Gasteiger partial charge >= 0.3 is 8.25 Å². The van der Waals surface area contributed by atoms with Gasteiger partial charge in [0.2, 0.25) is 0 Å². The molecule has 0 spiro atoms. The minimum Gasteiger partial charge on any atom is -0.294 e. The Balaban J connectivity index is 1.70. The highest BCUT2D eigenvalue weighted by atomic mass is 31.1. The quantitative estimate of drug-likeness (QED) is 0.268. The van der Waals surface area contributed by atoms with Crippen molar-refractivity contribution in [2.75, 3.05) is 0 Å². The largest absolute Gasteiger partial charge is 0.321 e. The Labute approximate surface area is 190 Å². The van der Waals surface area contributed by atoms with E-state index in [0.29, 0.717) is 0 Å². The molecule has 0 aromatic heterocycles. The average molecular weight is 442 g/mol. The molecule has 0 aliphatic heterocycles. The van der Waals surface area contributed by atoms with Crippen molar-refractivity contribution < 1.29 is 13.6 Å². The van der Waals surface area contributed by atoms with Crippen LogP contribution in [0.4, 0.5) is 0 Å². The van der Waals surface area contributed by atoms with Gasteiger partial charge in [-0.05, 0) is 36.1 Å². The maximum atomic E-state index is 13.5. The van der Waals surface area contributed by atoms with E-state index in [1.165, 1.54) is 0 Å². The fourth-order valence-corrected chi connectivity index (χ4v) is 5.13. The summed E-state index contributed by atoms with van der Waals surface area (Å²) in [4.78, 5) is 0. The molecule has 162 valence electrons. The maximum Gasteiger partial charge on any atom is 0.321 e. The Morgan fingerprint density at radius 1 is 0.469 bits per heavy atom. The van der Waals surface area contributed by atoms with E-state index in [-0.39, 0.29) is 0 Å². The first-order valence-electron chi connectivity index (χ1n) is 10.7. The zero-order valence-corrected chi connectivity index (χ0v) is 19.3. The lowest BCUT2D eigenvalue weighted by atomic mass is 9.88. The van der Waals surface area contributed by atoms with Gasteiger partial charge in [0.1, 0.15) is 11.2 Å².